The summed E-state index contributed by atoms with van der Waals surface area (Å²) in [5, 5.41) is 2.93. The fourth-order valence-electron chi connectivity index (χ4n) is 3.74. The molecule has 2 aromatic rings. The number of unbranched alkanes of at least 4 members (excludes halogenated alkanes) is 1. The molecule has 0 aliphatic carbocycles. The van der Waals surface area contributed by atoms with Crippen LogP contribution in [0.25, 0.3) is 0 Å². The average Bonchev–Trinajstić information content (AvgIpc) is 2.81. The van der Waals surface area contributed by atoms with Gasteiger partial charge in [-0.05, 0) is 57.5 Å². The van der Waals surface area contributed by atoms with Crippen LogP contribution in [0, 0.1) is 13.8 Å². The van der Waals surface area contributed by atoms with Crippen LogP contribution in [0.1, 0.15) is 30.4 Å². The number of morpholine rings is 1. The molecule has 1 N–H and O–H groups in total. The number of carbonyl (C=O) groups excluding carboxylic acids is 1. The third-order valence-electron chi connectivity index (χ3n) is 5.80. The molecule has 1 heterocycles. The van der Waals surface area contributed by atoms with Crippen molar-refractivity contribution in [3.05, 3.63) is 59.7 Å². The standard InChI is InChI=1S/C25H35N3O4S/c1-21-5-9-23(10-6-21)28(33(30,31)24-11-7-22(2)8-12-24)16-13-25(29)26-14-3-4-15-27-17-19-32-20-18-27/h5-12H,3-4,13-20H2,1-2H3,(H,26,29). The molecule has 1 aliphatic heterocycles. The van der Waals surface area contributed by atoms with Crippen molar-refractivity contribution >= 4 is 21.6 Å². The van der Waals surface area contributed by atoms with Gasteiger partial charge in [0.2, 0.25) is 5.91 Å². The maximum absolute atomic E-state index is 13.4. The molecule has 1 aliphatic rings. The number of hydrogen-bond donors (Lipinski definition) is 1. The minimum absolute atomic E-state index is 0.0822. The lowest BCUT2D eigenvalue weighted by Crippen LogP contribution is -2.37. The predicted octanol–water partition coefficient (Wildman–Crippen LogP) is 3.12. The van der Waals surface area contributed by atoms with Gasteiger partial charge in [0.1, 0.15) is 0 Å². The molecule has 8 heteroatoms. The summed E-state index contributed by atoms with van der Waals surface area (Å²) >= 11 is 0. The number of carbonyl (C=O) groups is 1. The number of aryl methyl sites for hydroxylation is 2. The van der Waals surface area contributed by atoms with E-state index in [2.05, 4.69) is 10.2 Å². The minimum Gasteiger partial charge on any atom is -0.379 e. The van der Waals surface area contributed by atoms with Gasteiger partial charge >= 0.3 is 0 Å². The first-order valence-corrected chi connectivity index (χ1v) is 13.0. The van der Waals surface area contributed by atoms with Gasteiger partial charge in [-0.25, -0.2) is 8.42 Å². The van der Waals surface area contributed by atoms with Gasteiger partial charge in [-0.1, -0.05) is 35.4 Å². The second kappa shape index (κ2) is 12.2. The maximum Gasteiger partial charge on any atom is 0.264 e. The highest BCUT2D eigenvalue weighted by Gasteiger charge is 2.25. The summed E-state index contributed by atoms with van der Waals surface area (Å²) in [5.41, 5.74) is 2.59. The normalized spacial score (nSPS) is 14.7. The van der Waals surface area contributed by atoms with Crippen molar-refractivity contribution in [2.24, 2.45) is 0 Å². The van der Waals surface area contributed by atoms with Gasteiger partial charge in [-0.3, -0.25) is 14.0 Å². The number of hydrogen-bond acceptors (Lipinski definition) is 5. The van der Waals surface area contributed by atoms with Crippen molar-refractivity contribution in [3.8, 4) is 0 Å². The molecule has 180 valence electrons. The van der Waals surface area contributed by atoms with Gasteiger partial charge < -0.3 is 10.1 Å². The first-order valence-electron chi connectivity index (χ1n) is 11.6. The summed E-state index contributed by atoms with van der Waals surface area (Å²) in [6, 6.07) is 14.1. The summed E-state index contributed by atoms with van der Waals surface area (Å²) < 4.78 is 33.4. The van der Waals surface area contributed by atoms with Crippen molar-refractivity contribution < 1.29 is 17.9 Å². The lowest BCUT2D eigenvalue weighted by atomic mass is 10.2. The van der Waals surface area contributed by atoms with E-state index in [4.69, 9.17) is 4.74 Å². The van der Waals surface area contributed by atoms with Crippen LogP contribution in [0.15, 0.2) is 53.4 Å². The Morgan fingerprint density at radius 3 is 2.21 bits per heavy atom. The van der Waals surface area contributed by atoms with Crippen LogP contribution < -0.4 is 9.62 Å². The summed E-state index contributed by atoms with van der Waals surface area (Å²) in [4.78, 5) is 15.0. The number of nitrogens with zero attached hydrogens (tertiary/aromatic N) is 2. The number of amides is 1. The van der Waals surface area contributed by atoms with Gasteiger partial charge in [0.25, 0.3) is 10.0 Å². The zero-order valence-electron chi connectivity index (χ0n) is 19.6. The van der Waals surface area contributed by atoms with E-state index in [-0.39, 0.29) is 23.8 Å². The van der Waals surface area contributed by atoms with Gasteiger partial charge in [0.15, 0.2) is 0 Å². The van der Waals surface area contributed by atoms with Crippen LogP contribution in [-0.4, -0.2) is 65.2 Å². The van der Waals surface area contributed by atoms with E-state index in [1.807, 2.05) is 26.0 Å². The highest BCUT2D eigenvalue weighted by atomic mass is 32.2. The predicted molar refractivity (Wildman–Crippen MR) is 131 cm³/mol. The molecule has 0 unspecified atom stereocenters. The quantitative estimate of drug-likeness (QED) is 0.508. The van der Waals surface area contributed by atoms with Crippen LogP contribution in [-0.2, 0) is 19.6 Å². The van der Waals surface area contributed by atoms with Crippen LogP contribution >= 0.6 is 0 Å². The third-order valence-corrected chi connectivity index (χ3v) is 7.64. The molecule has 33 heavy (non-hydrogen) atoms. The zero-order valence-corrected chi connectivity index (χ0v) is 20.4. The van der Waals surface area contributed by atoms with Gasteiger partial charge in [0, 0.05) is 32.6 Å². The van der Waals surface area contributed by atoms with Crippen LogP contribution in [0.5, 0.6) is 0 Å². The Kier molecular flexibility index (Phi) is 9.29. The molecule has 0 bridgehead atoms. The van der Waals surface area contributed by atoms with E-state index < -0.39 is 10.0 Å². The number of rotatable bonds is 11. The van der Waals surface area contributed by atoms with Gasteiger partial charge in [0.05, 0.1) is 23.8 Å². The number of sulfonamides is 1. The van der Waals surface area contributed by atoms with E-state index in [9.17, 15) is 13.2 Å². The number of nitrogens with one attached hydrogen (secondary N) is 1. The SMILES string of the molecule is Cc1ccc(N(CCC(=O)NCCCCN2CCOCC2)S(=O)(=O)c2ccc(C)cc2)cc1. The molecule has 1 amide bonds. The molecule has 3 rings (SSSR count). The van der Waals surface area contributed by atoms with Crippen LogP contribution in [0.4, 0.5) is 5.69 Å². The van der Waals surface area contributed by atoms with Crippen LogP contribution in [0.2, 0.25) is 0 Å². The Morgan fingerprint density at radius 2 is 1.58 bits per heavy atom. The van der Waals surface area contributed by atoms with Gasteiger partial charge in [-0.2, -0.15) is 0 Å². The molecule has 1 saturated heterocycles. The van der Waals surface area contributed by atoms with Crippen molar-refractivity contribution in [1.82, 2.24) is 10.2 Å². The molecule has 0 aromatic heterocycles. The van der Waals surface area contributed by atoms with E-state index in [1.54, 1.807) is 36.4 Å². The first kappa shape index (κ1) is 25.2. The molecule has 0 radical (unpaired) electrons. The van der Waals surface area contributed by atoms with E-state index in [1.165, 1.54) is 4.31 Å². The lowest BCUT2D eigenvalue weighted by Gasteiger charge is -2.26. The monoisotopic (exact) mass is 473 g/mol. The Labute approximate surface area is 197 Å². The largest absolute Gasteiger partial charge is 0.379 e. The fraction of sp³-hybridized carbons (Fsp3) is 0.480. The van der Waals surface area contributed by atoms with E-state index in [0.29, 0.717) is 12.2 Å². The third kappa shape index (κ3) is 7.55. The summed E-state index contributed by atoms with van der Waals surface area (Å²) in [5.74, 6) is -0.141. The highest BCUT2D eigenvalue weighted by Crippen LogP contribution is 2.24. The Morgan fingerprint density at radius 1 is 0.970 bits per heavy atom. The van der Waals surface area contributed by atoms with Crippen molar-refractivity contribution in [2.45, 2.75) is 38.0 Å². The molecular formula is C25H35N3O4S. The molecule has 0 saturated carbocycles. The Hall–Kier alpha value is -2.42. The van der Waals surface area contributed by atoms with Crippen molar-refractivity contribution in [1.29, 1.82) is 0 Å². The number of benzene rings is 2. The van der Waals surface area contributed by atoms with Crippen molar-refractivity contribution in [2.75, 3.05) is 50.2 Å². The number of ether oxygens (including phenoxy) is 1. The summed E-state index contributed by atoms with van der Waals surface area (Å²) in [6.45, 7) is 9.08. The summed E-state index contributed by atoms with van der Waals surface area (Å²) in [7, 11) is -3.78. The van der Waals surface area contributed by atoms with E-state index >= 15 is 0 Å². The fourth-order valence-corrected chi connectivity index (χ4v) is 5.21. The van der Waals surface area contributed by atoms with E-state index in [0.717, 1.165) is 56.8 Å². The number of anilines is 1. The second-order valence-electron chi connectivity index (χ2n) is 8.49. The topological polar surface area (TPSA) is 79.0 Å². The molecule has 1 fully saturated rings. The molecule has 7 nitrogen and oxygen atoms in total. The smallest absolute Gasteiger partial charge is 0.264 e. The Bertz CT molecular complexity index is 985. The lowest BCUT2D eigenvalue weighted by molar-refractivity contribution is -0.120. The van der Waals surface area contributed by atoms with Crippen LogP contribution in [0.3, 0.4) is 0 Å². The highest BCUT2D eigenvalue weighted by molar-refractivity contribution is 7.92. The average molecular weight is 474 g/mol. The minimum atomic E-state index is -3.78. The van der Waals surface area contributed by atoms with Crippen molar-refractivity contribution in [3.63, 3.8) is 0 Å². The molecule has 0 atom stereocenters. The maximum atomic E-state index is 13.4. The second-order valence-corrected chi connectivity index (χ2v) is 10.3. The van der Waals surface area contributed by atoms with Gasteiger partial charge in [-0.15, -0.1) is 0 Å². The molecule has 2 aromatic carbocycles. The molecular weight excluding hydrogens is 438 g/mol. The zero-order chi connectivity index (χ0) is 23.7. The Balaban J connectivity index is 1.55. The first-order chi connectivity index (χ1) is 15.9. The summed E-state index contributed by atoms with van der Waals surface area (Å²) in [6.07, 6.45) is 2.01. The molecule has 0 spiro atoms.